The van der Waals surface area contributed by atoms with Crippen molar-refractivity contribution in [1.82, 2.24) is 4.90 Å². The number of methoxy groups -OCH3 is 2. The van der Waals surface area contributed by atoms with Crippen molar-refractivity contribution in [3.63, 3.8) is 0 Å². The lowest BCUT2D eigenvalue weighted by atomic mass is 9.90. The summed E-state index contributed by atoms with van der Waals surface area (Å²) < 4.78 is 10.7. The first-order valence-electron chi connectivity index (χ1n) is 10.6. The molecule has 0 unspecified atom stereocenters. The molecule has 5 nitrogen and oxygen atoms in total. The molecule has 1 heterocycles. The first-order valence-corrected chi connectivity index (χ1v) is 10.6. The highest BCUT2D eigenvalue weighted by atomic mass is 16.5. The first kappa shape index (κ1) is 19.8. The number of fused-ring (bicyclic) bond motifs is 1. The molecular formula is C24H31N2O3+. The molecule has 0 saturated carbocycles. The van der Waals surface area contributed by atoms with Crippen LogP contribution in [-0.2, 0) is 19.4 Å². The molecule has 2 aromatic carbocycles. The Labute approximate surface area is 173 Å². The van der Waals surface area contributed by atoms with Gasteiger partial charge in [0.15, 0.2) is 11.5 Å². The Balaban J connectivity index is 1.35. The van der Waals surface area contributed by atoms with Crippen molar-refractivity contribution in [1.29, 1.82) is 0 Å². The van der Waals surface area contributed by atoms with Gasteiger partial charge < -0.3 is 19.3 Å². The van der Waals surface area contributed by atoms with Gasteiger partial charge in [0.25, 0.3) is 5.91 Å². The Morgan fingerprint density at radius 3 is 2.38 bits per heavy atom. The molecule has 1 saturated heterocycles. The van der Waals surface area contributed by atoms with Crippen LogP contribution in [0.5, 0.6) is 11.5 Å². The lowest BCUT2D eigenvalue weighted by Gasteiger charge is -2.32. The fraction of sp³-hybridized carbons (Fsp3) is 0.458. The number of ether oxygens (including phenoxy) is 2. The van der Waals surface area contributed by atoms with Crippen LogP contribution in [-0.4, -0.2) is 51.2 Å². The predicted molar refractivity (Wildman–Crippen MR) is 113 cm³/mol. The van der Waals surface area contributed by atoms with E-state index >= 15 is 0 Å². The second-order valence-electron chi connectivity index (χ2n) is 8.10. The number of nitrogens with zero attached hydrogens (tertiary/aromatic N) is 1. The molecule has 0 aromatic heterocycles. The minimum Gasteiger partial charge on any atom is -0.493 e. The van der Waals surface area contributed by atoms with E-state index in [9.17, 15) is 4.79 Å². The van der Waals surface area contributed by atoms with Crippen LogP contribution >= 0.6 is 0 Å². The van der Waals surface area contributed by atoms with Crippen molar-refractivity contribution in [3.05, 3.63) is 58.7 Å². The van der Waals surface area contributed by atoms with E-state index in [1.807, 2.05) is 17.0 Å². The zero-order chi connectivity index (χ0) is 20.2. The van der Waals surface area contributed by atoms with Gasteiger partial charge in [-0.15, -0.1) is 0 Å². The number of hydrogen-bond acceptors (Lipinski definition) is 3. The first-order chi connectivity index (χ1) is 14.2. The fourth-order valence-electron chi connectivity index (χ4n) is 4.53. The highest BCUT2D eigenvalue weighted by Gasteiger charge is 2.25. The Morgan fingerprint density at radius 2 is 1.66 bits per heavy atom. The van der Waals surface area contributed by atoms with Gasteiger partial charge in [0, 0.05) is 11.1 Å². The normalized spacial score (nSPS) is 17.0. The number of carbonyl (C=O) groups excluding carboxylic acids is 1. The minimum absolute atomic E-state index is 0.184. The summed E-state index contributed by atoms with van der Waals surface area (Å²) in [5.74, 6) is 1.71. The number of benzene rings is 2. The monoisotopic (exact) mass is 395 g/mol. The Hall–Kier alpha value is -2.53. The van der Waals surface area contributed by atoms with Crippen molar-refractivity contribution in [3.8, 4) is 11.5 Å². The average molecular weight is 396 g/mol. The third-order valence-electron chi connectivity index (χ3n) is 6.26. The van der Waals surface area contributed by atoms with Gasteiger partial charge in [-0.05, 0) is 67.1 Å². The van der Waals surface area contributed by atoms with E-state index in [1.165, 1.54) is 34.4 Å². The predicted octanol–water partition coefficient (Wildman–Crippen LogP) is 2.12. The number of nitrogens with one attached hydrogen (secondary N) is 1. The number of quaternary nitrogens is 1. The maximum Gasteiger partial charge on any atom is 0.254 e. The van der Waals surface area contributed by atoms with E-state index in [0.717, 1.165) is 62.6 Å². The molecule has 5 heteroatoms. The Kier molecular flexibility index (Phi) is 6.05. The quantitative estimate of drug-likeness (QED) is 0.844. The van der Waals surface area contributed by atoms with Gasteiger partial charge >= 0.3 is 0 Å². The van der Waals surface area contributed by atoms with Crippen LogP contribution in [0.15, 0.2) is 36.4 Å². The molecule has 2 aromatic rings. The molecule has 0 radical (unpaired) electrons. The summed E-state index contributed by atoms with van der Waals surface area (Å²) in [4.78, 5) is 16.5. The highest BCUT2D eigenvalue weighted by molar-refractivity contribution is 5.94. The van der Waals surface area contributed by atoms with Crippen molar-refractivity contribution in [2.75, 3.05) is 40.4 Å². The summed E-state index contributed by atoms with van der Waals surface area (Å²) >= 11 is 0. The van der Waals surface area contributed by atoms with Crippen LogP contribution in [0.25, 0.3) is 0 Å². The van der Waals surface area contributed by atoms with Gasteiger partial charge in [0.05, 0.1) is 40.4 Å². The lowest BCUT2D eigenvalue weighted by molar-refractivity contribution is -0.917. The molecule has 4 rings (SSSR count). The summed E-state index contributed by atoms with van der Waals surface area (Å²) in [7, 11) is 3.32. The number of carbonyl (C=O) groups is 1. The van der Waals surface area contributed by atoms with Crippen molar-refractivity contribution >= 4 is 5.91 Å². The van der Waals surface area contributed by atoms with Crippen LogP contribution in [0.4, 0.5) is 0 Å². The van der Waals surface area contributed by atoms with Gasteiger partial charge in [-0.25, -0.2) is 0 Å². The van der Waals surface area contributed by atoms with E-state index in [-0.39, 0.29) is 5.91 Å². The maximum atomic E-state index is 13.0. The van der Waals surface area contributed by atoms with Crippen molar-refractivity contribution in [2.45, 2.75) is 32.2 Å². The molecule has 154 valence electrons. The van der Waals surface area contributed by atoms with E-state index in [2.05, 4.69) is 24.3 Å². The molecule has 1 fully saturated rings. The molecule has 1 amide bonds. The molecule has 1 aliphatic heterocycles. The molecule has 1 N–H and O–H groups in total. The summed E-state index contributed by atoms with van der Waals surface area (Å²) in [6, 6.07) is 12.4. The largest absolute Gasteiger partial charge is 0.493 e. The second-order valence-corrected chi connectivity index (χ2v) is 8.10. The Bertz CT molecular complexity index is 872. The van der Waals surface area contributed by atoms with E-state index in [0.29, 0.717) is 0 Å². The number of piperazine rings is 1. The number of amides is 1. The van der Waals surface area contributed by atoms with E-state index in [4.69, 9.17) is 9.47 Å². The molecule has 0 bridgehead atoms. The average Bonchev–Trinajstić information content (AvgIpc) is 2.78. The van der Waals surface area contributed by atoms with Gasteiger partial charge in [0.2, 0.25) is 0 Å². The van der Waals surface area contributed by atoms with Crippen LogP contribution in [0.3, 0.4) is 0 Å². The number of rotatable bonds is 5. The summed E-state index contributed by atoms with van der Waals surface area (Å²) in [6.07, 6.45) is 4.77. The van der Waals surface area contributed by atoms with Gasteiger partial charge in [-0.1, -0.05) is 6.07 Å². The summed E-state index contributed by atoms with van der Waals surface area (Å²) in [5.41, 5.74) is 4.89. The molecule has 1 aliphatic carbocycles. The Morgan fingerprint density at radius 1 is 0.931 bits per heavy atom. The van der Waals surface area contributed by atoms with Crippen LogP contribution in [0.2, 0.25) is 0 Å². The molecule has 0 spiro atoms. The zero-order valence-electron chi connectivity index (χ0n) is 17.5. The van der Waals surface area contributed by atoms with Crippen LogP contribution in [0, 0.1) is 0 Å². The van der Waals surface area contributed by atoms with Gasteiger partial charge in [-0.3, -0.25) is 4.79 Å². The second kappa shape index (κ2) is 8.87. The number of aryl methyl sites for hydroxylation is 2. The maximum absolute atomic E-state index is 13.0. The van der Waals surface area contributed by atoms with Gasteiger partial charge in [-0.2, -0.15) is 0 Å². The molecule has 29 heavy (non-hydrogen) atoms. The molecule has 2 aliphatic rings. The molecular weight excluding hydrogens is 364 g/mol. The highest BCUT2D eigenvalue weighted by Crippen LogP contribution is 2.27. The lowest BCUT2D eigenvalue weighted by Crippen LogP contribution is -3.13. The topological polar surface area (TPSA) is 43.2 Å². The minimum atomic E-state index is 0.184. The van der Waals surface area contributed by atoms with Crippen LogP contribution < -0.4 is 14.4 Å². The smallest absolute Gasteiger partial charge is 0.254 e. The standard InChI is InChI=1S/C24H30N2O3/c1-28-22-10-7-18(15-23(22)29-2)17-25-11-13-26(14-12-25)24(27)21-9-8-19-5-3-4-6-20(19)16-21/h7-10,15-16H,3-6,11-14,17H2,1-2H3/p+1. The summed E-state index contributed by atoms with van der Waals surface area (Å²) in [5, 5.41) is 0. The third-order valence-corrected chi connectivity index (χ3v) is 6.26. The summed E-state index contributed by atoms with van der Waals surface area (Å²) in [6.45, 7) is 4.47. The van der Waals surface area contributed by atoms with Crippen molar-refractivity contribution in [2.24, 2.45) is 0 Å². The van der Waals surface area contributed by atoms with E-state index < -0.39 is 0 Å². The fourth-order valence-corrected chi connectivity index (χ4v) is 4.53. The van der Waals surface area contributed by atoms with Gasteiger partial charge in [0.1, 0.15) is 6.54 Å². The number of hydrogen-bond donors (Lipinski definition) is 1. The third kappa shape index (κ3) is 4.40. The SMILES string of the molecule is COc1ccc(C[NH+]2CCN(C(=O)c3ccc4c(c3)CCCC4)CC2)cc1OC. The van der Waals surface area contributed by atoms with Crippen LogP contribution in [0.1, 0.15) is 39.9 Å². The van der Waals surface area contributed by atoms with E-state index in [1.54, 1.807) is 14.2 Å². The molecule has 0 atom stereocenters. The van der Waals surface area contributed by atoms with Crippen molar-refractivity contribution < 1.29 is 19.2 Å². The zero-order valence-corrected chi connectivity index (χ0v) is 17.5.